The standard InChI is InChI=1S/C29H26ClNO6/c1-18-24(16-28(34)36-19(2)23-8-4-5-9-25(23)30)29(37-31-18)21-13-11-20(12-14-21)17-35-26-10-6-3-7-22(26)15-27(32)33/h3-14,19H,15-17H2,1-2H3,(H,32,33). The third kappa shape index (κ3) is 6.57. The Balaban J connectivity index is 1.42. The SMILES string of the molecule is Cc1noc(-c2ccc(COc3ccccc3CC(=O)O)cc2)c1CC(=O)OC(C)c1ccccc1Cl. The Kier molecular flexibility index (Phi) is 8.25. The Morgan fingerprint density at radius 2 is 1.70 bits per heavy atom. The van der Waals surface area contributed by atoms with Crippen LogP contribution in [0.3, 0.4) is 0 Å². The Morgan fingerprint density at radius 1 is 1.00 bits per heavy atom. The van der Waals surface area contributed by atoms with Crippen molar-refractivity contribution in [3.8, 4) is 17.1 Å². The number of rotatable bonds is 10. The molecule has 0 aliphatic carbocycles. The van der Waals surface area contributed by atoms with Crippen LogP contribution in [0.15, 0.2) is 77.3 Å². The summed E-state index contributed by atoms with van der Waals surface area (Å²) in [6.07, 6.45) is -0.600. The van der Waals surface area contributed by atoms with Crippen molar-refractivity contribution in [2.24, 2.45) is 0 Å². The smallest absolute Gasteiger partial charge is 0.311 e. The fraction of sp³-hybridized carbons (Fsp3) is 0.207. The molecule has 0 saturated carbocycles. The number of halogens is 1. The largest absolute Gasteiger partial charge is 0.489 e. The van der Waals surface area contributed by atoms with Gasteiger partial charge in [-0.25, -0.2) is 0 Å². The lowest BCUT2D eigenvalue weighted by atomic mass is 10.0. The van der Waals surface area contributed by atoms with E-state index in [4.69, 9.17) is 30.7 Å². The van der Waals surface area contributed by atoms with Gasteiger partial charge in [0.2, 0.25) is 0 Å². The lowest BCUT2D eigenvalue weighted by Gasteiger charge is -2.15. The number of carboxylic acids is 1. The first-order chi connectivity index (χ1) is 17.8. The van der Waals surface area contributed by atoms with Gasteiger partial charge in [0.25, 0.3) is 0 Å². The molecule has 0 aliphatic heterocycles. The van der Waals surface area contributed by atoms with Crippen molar-refractivity contribution in [3.63, 3.8) is 0 Å². The molecule has 0 amide bonds. The highest BCUT2D eigenvalue weighted by Gasteiger charge is 2.21. The minimum absolute atomic E-state index is 0.00465. The van der Waals surface area contributed by atoms with Crippen LogP contribution >= 0.6 is 11.6 Å². The summed E-state index contributed by atoms with van der Waals surface area (Å²) in [5.41, 5.74) is 4.27. The molecule has 0 bridgehead atoms. The van der Waals surface area contributed by atoms with Crippen molar-refractivity contribution in [2.45, 2.75) is 39.4 Å². The zero-order valence-electron chi connectivity index (χ0n) is 20.4. The average molecular weight is 520 g/mol. The molecule has 0 fully saturated rings. The predicted octanol–water partition coefficient (Wildman–Crippen LogP) is 6.36. The van der Waals surface area contributed by atoms with Crippen molar-refractivity contribution in [1.82, 2.24) is 5.16 Å². The van der Waals surface area contributed by atoms with Crippen LogP contribution in [0.4, 0.5) is 0 Å². The number of aromatic nitrogens is 1. The molecule has 1 unspecified atom stereocenters. The number of ether oxygens (including phenoxy) is 2. The van der Waals surface area contributed by atoms with Gasteiger partial charge in [0.1, 0.15) is 18.5 Å². The van der Waals surface area contributed by atoms with Crippen LogP contribution in [0.1, 0.15) is 41.0 Å². The molecule has 7 nitrogen and oxygen atoms in total. The van der Waals surface area contributed by atoms with E-state index < -0.39 is 18.0 Å². The van der Waals surface area contributed by atoms with E-state index in [0.717, 1.165) is 16.7 Å². The Morgan fingerprint density at radius 3 is 2.43 bits per heavy atom. The fourth-order valence-corrected chi connectivity index (χ4v) is 4.23. The normalized spacial score (nSPS) is 11.6. The number of esters is 1. The third-order valence-electron chi connectivity index (χ3n) is 5.88. The number of carbonyl (C=O) groups is 2. The first-order valence-corrected chi connectivity index (χ1v) is 12.1. The van der Waals surface area contributed by atoms with E-state index in [1.807, 2.05) is 42.5 Å². The second kappa shape index (κ2) is 11.8. The summed E-state index contributed by atoms with van der Waals surface area (Å²) < 4.78 is 17.0. The molecule has 0 spiro atoms. The lowest BCUT2D eigenvalue weighted by molar-refractivity contribution is -0.147. The zero-order chi connectivity index (χ0) is 26.4. The monoisotopic (exact) mass is 519 g/mol. The Bertz CT molecular complexity index is 1400. The quantitative estimate of drug-likeness (QED) is 0.243. The highest BCUT2D eigenvalue weighted by molar-refractivity contribution is 6.31. The number of benzene rings is 3. The van der Waals surface area contributed by atoms with E-state index in [-0.39, 0.29) is 19.4 Å². The van der Waals surface area contributed by atoms with Crippen LogP contribution in [0.25, 0.3) is 11.3 Å². The molecule has 1 heterocycles. The number of carbonyl (C=O) groups excluding carboxylic acids is 1. The molecular weight excluding hydrogens is 494 g/mol. The van der Waals surface area contributed by atoms with Gasteiger partial charge in [0.15, 0.2) is 5.76 Å². The third-order valence-corrected chi connectivity index (χ3v) is 6.23. The summed E-state index contributed by atoms with van der Waals surface area (Å²) in [5, 5.41) is 13.7. The summed E-state index contributed by atoms with van der Waals surface area (Å²) in [4.78, 5) is 23.8. The van der Waals surface area contributed by atoms with Crippen LogP contribution in [-0.2, 0) is 33.8 Å². The molecule has 0 radical (unpaired) electrons. The Hall–Kier alpha value is -4.10. The number of aliphatic carboxylic acids is 1. The fourth-order valence-electron chi connectivity index (χ4n) is 3.94. The van der Waals surface area contributed by atoms with E-state index in [0.29, 0.717) is 33.4 Å². The molecule has 190 valence electrons. The van der Waals surface area contributed by atoms with Crippen molar-refractivity contribution in [1.29, 1.82) is 0 Å². The van der Waals surface area contributed by atoms with Gasteiger partial charge in [0.05, 0.1) is 18.5 Å². The minimum atomic E-state index is -0.916. The van der Waals surface area contributed by atoms with E-state index in [1.54, 1.807) is 44.2 Å². The summed E-state index contributed by atoms with van der Waals surface area (Å²) in [7, 11) is 0. The maximum atomic E-state index is 12.7. The Labute approximate surface area is 219 Å². The number of hydrogen-bond acceptors (Lipinski definition) is 6. The van der Waals surface area contributed by atoms with Crippen molar-refractivity contribution >= 4 is 23.5 Å². The van der Waals surface area contributed by atoms with Gasteiger partial charge in [-0.1, -0.05) is 77.4 Å². The summed E-state index contributed by atoms with van der Waals surface area (Å²) in [6.45, 7) is 3.83. The first kappa shape index (κ1) is 26.0. The molecule has 4 rings (SSSR count). The molecule has 1 atom stereocenters. The van der Waals surface area contributed by atoms with E-state index in [2.05, 4.69) is 5.16 Å². The molecule has 4 aromatic rings. The molecule has 0 saturated heterocycles. The molecule has 0 aliphatic rings. The second-order valence-electron chi connectivity index (χ2n) is 8.57. The van der Waals surface area contributed by atoms with Crippen LogP contribution in [0, 0.1) is 6.92 Å². The topological polar surface area (TPSA) is 98.9 Å². The molecule has 1 aromatic heterocycles. The van der Waals surface area contributed by atoms with Crippen molar-refractivity contribution < 1.29 is 28.7 Å². The number of nitrogens with zero attached hydrogens (tertiary/aromatic N) is 1. The molecule has 37 heavy (non-hydrogen) atoms. The van der Waals surface area contributed by atoms with E-state index in [9.17, 15) is 9.59 Å². The number of para-hydroxylation sites is 1. The average Bonchev–Trinajstić information content (AvgIpc) is 3.23. The summed E-state index contributed by atoms with van der Waals surface area (Å²) >= 11 is 6.22. The van der Waals surface area contributed by atoms with E-state index in [1.165, 1.54) is 0 Å². The summed E-state index contributed by atoms with van der Waals surface area (Å²) in [5.74, 6) is -0.295. The first-order valence-electron chi connectivity index (χ1n) is 11.7. The van der Waals surface area contributed by atoms with Gasteiger partial charge in [-0.05, 0) is 31.5 Å². The molecular formula is C29H26ClNO6. The second-order valence-corrected chi connectivity index (χ2v) is 8.98. The number of hydrogen-bond donors (Lipinski definition) is 1. The van der Waals surface area contributed by atoms with Gasteiger partial charge in [0, 0.05) is 27.3 Å². The van der Waals surface area contributed by atoms with Crippen LogP contribution in [-0.4, -0.2) is 22.2 Å². The molecule has 8 heteroatoms. The minimum Gasteiger partial charge on any atom is -0.489 e. The van der Waals surface area contributed by atoms with Gasteiger partial charge >= 0.3 is 11.9 Å². The lowest BCUT2D eigenvalue weighted by Crippen LogP contribution is -2.12. The summed E-state index contributed by atoms with van der Waals surface area (Å²) in [6, 6.07) is 21.8. The van der Waals surface area contributed by atoms with Crippen molar-refractivity contribution in [3.05, 3.63) is 106 Å². The van der Waals surface area contributed by atoms with Gasteiger partial charge < -0.3 is 19.1 Å². The van der Waals surface area contributed by atoms with Crippen LogP contribution in [0.5, 0.6) is 5.75 Å². The van der Waals surface area contributed by atoms with Gasteiger partial charge in [-0.15, -0.1) is 0 Å². The predicted molar refractivity (Wildman–Crippen MR) is 138 cm³/mol. The van der Waals surface area contributed by atoms with E-state index >= 15 is 0 Å². The van der Waals surface area contributed by atoms with Gasteiger partial charge in [-0.2, -0.15) is 0 Å². The molecule has 3 aromatic carbocycles. The number of aryl methyl sites for hydroxylation is 1. The zero-order valence-corrected chi connectivity index (χ0v) is 21.2. The van der Waals surface area contributed by atoms with Crippen LogP contribution < -0.4 is 4.74 Å². The van der Waals surface area contributed by atoms with Crippen molar-refractivity contribution in [2.75, 3.05) is 0 Å². The highest BCUT2D eigenvalue weighted by atomic mass is 35.5. The van der Waals surface area contributed by atoms with Crippen LogP contribution in [0.2, 0.25) is 5.02 Å². The maximum absolute atomic E-state index is 12.7. The highest BCUT2D eigenvalue weighted by Crippen LogP contribution is 2.29. The number of carboxylic acid groups (broad SMARTS) is 1. The maximum Gasteiger partial charge on any atom is 0.311 e. The molecule has 1 N–H and O–H groups in total. The van der Waals surface area contributed by atoms with Gasteiger partial charge in [-0.3, -0.25) is 9.59 Å².